The smallest absolute Gasteiger partial charge is 0.329 e. The number of hydrogen-bond acceptors (Lipinski definition) is 4. The molecule has 0 aliphatic carbocycles. The summed E-state index contributed by atoms with van der Waals surface area (Å²) >= 11 is 6.31. The summed E-state index contributed by atoms with van der Waals surface area (Å²) in [7, 11) is 0. The van der Waals surface area contributed by atoms with Crippen LogP contribution in [-0.2, 0) is 4.79 Å². The van der Waals surface area contributed by atoms with Crippen molar-refractivity contribution < 1.29 is 19.1 Å². The van der Waals surface area contributed by atoms with Crippen molar-refractivity contribution in [2.45, 2.75) is 26.9 Å². The number of imide groups is 1. The molecule has 2 rings (SSSR count). The summed E-state index contributed by atoms with van der Waals surface area (Å²) in [5.74, 6) is 0.521. The minimum absolute atomic E-state index is 0.0657. The van der Waals surface area contributed by atoms with Gasteiger partial charge in [-0.3, -0.25) is 9.69 Å². The average molecular weight is 365 g/mol. The Labute approximate surface area is 152 Å². The summed E-state index contributed by atoms with van der Waals surface area (Å²) in [6.07, 6.45) is 2.98. The molecule has 0 unspecified atom stereocenters. The zero-order valence-electron chi connectivity index (χ0n) is 14.5. The first kappa shape index (κ1) is 18.9. The fraction of sp³-hybridized carbons (Fsp3) is 0.333. The lowest BCUT2D eigenvalue weighted by Gasteiger charge is -2.16. The molecule has 6 nitrogen and oxygen atoms in total. The normalized spacial score (nSPS) is 15.7. The molecule has 25 heavy (non-hydrogen) atoms. The van der Waals surface area contributed by atoms with Crippen molar-refractivity contribution in [3.8, 4) is 11.5 Å². The second kappa shape index (κ2) is 8.07. The molecule has 1 fully saturated rings. The summed E-state index contributed by atoms with van der Waals surface area (Å²) in [5, 5.41) is 2.91. The molecule has 1 saturated heterocycles. The van der Waals surface area contributed by atoms with Crippen LogP contribution in [0.1, 0.15) is 26.3 Å². The van der Waals surface area contributed by atoms with E-state index in [1.54, 1.807) is 18.2 Å². The summed E-state index contributed by atoms with van der Waals surface area (Å²) in [4.78, 5) is 25.1. The molecule has 1 aromatic rings. The van der Waals surface area contributed by atoms with Crippen molar-refractivity contribution in [2.75, 3.05) is 13.2 Å². The monoisotopic (exact) mass is 364 g/mol. The van der Waals surface area contributed by atoms with Crippen LogP contribution in [0.25, 0.3) is 6.08 Å². The lowest BCUT2D eigenvalue weighted by Crippen LogP contribution is -2.30. The van der Waals surface area contributed by atoms with Gasteiger partial charge in [-0.15, -0.1) is 6.58 Å². The highest BCUT2D eigenvalue weighted by Crippen LogP contribution is 2.38. The molecule has 0 aromatic heterocycles. The van der Waals surface area contributed by atoms with Crippen LogP contribution in [0.5, 0.6) is 11.5 Å². The van der Waals surface area contributed by atoms with Crippen LogP contribution in [0.2, 0.25) is 5.02 Å². The van der Waals surface area contributed by atoms with Crippen LogP contribution in [-0.4, -0.2) is 36.1 Å². The third-order valence-corrected chi connectivity index (χ3v) is 3.55. The Bertz CT molecular complexity index is 728. The van der Waals surface area contributed by atoms with Crippen molar-refractivity contribution in [3.05, 3.63) is 41.1 Å². The highest BCUT2D eigenvalue weighted by Gasteiger charge is 2.32. The highest BCUT2D eigenvalue weighted by molar-refractivity contribution is 6.32. The Morgan fingerprint density at radius 2 is 2.08 bits per heavy atom. The fourth-order valence-electron chi connectivity index (χ4n) is 2.32. The number of urea groups is 1. The molecule has 3 amide bonds. The molecule has 1 heterocycles. The standard InChI is InChI=1S/C18H21ClN2O4/c1-5-7-21-17(22)14(20-18(21)23)9-12-8-13(19)16(25-11(3)4)15(10-12)24-6-2/h5,8-11H,1,6-7H2,2-4H3,(H,20,23)/b14-9+. The molecule has 0 saturated carbocycles. The fourth-order valence-corrected chi connectivity index (χ4v) is 2.58. The Hall–Kier alpha value is -2.47. The SMILES string of the molecule is C=CCN1C(=O)N/C(=C/c2cc(Cl)c(OC(C)C)c(OCC)c2)C1=O. The predicted molar refractivity (Wildman–Crippen MR) is 96.8 cm³/mol. The first-order valence-corrected chi connectivity index (χ1v) is 8.33. The van der Waals surface area contributed by atoms with Crippen molar-refractivity contribution in [3.63, 3.8) is 0 Å². The van der Waals surface area contributed by atoms with Gasteiger partial charge in [0.15, 0.2) is 11.5 Å². The molecular weight excluding hydrogens is 344 g/mol. The number of benzene rings is 1. The number of hydrogen-bond donors (Lipinski definition) is 1. The van der Waals surface area contributed by atoms with Gasteiger partial charge in [-0.25, -0.2) is 4.79 Å². The van der Waals surface area contributed by atoms with Gasteiger partial charge in [0, 0.05) is 6.54 Å². The first-order chi connectivity index (χ1) is 11.9. The zero-order chi connectivity index (χ0) is 18.6. The summed E-state index contributed by atoms with van der Waals surface area (Å²) in [6, 6.07) is 2.90. The first-order valence-electron chi connectivity index (χ1n) is 7.95. The maximum absolute atomic E-state index is 12.3. The van der Waals surface area contributed by atoms with Gasteiger partial charge in [-0.05, 0) is 44.5 Å². The number of ether oxygens (including phenoxy) is 2. The van der Waals surface area contributed by atoms with Crippen LogP contribution < -0.4 is 14.8 Å². The van der Waals surface area contributed by atoms with E-state index in [9.17, 15) is 9.59 Å². The molecule has 0 spiro atoms. The Kier molecular flexibility index (Phi) is 6.09. The molecule has 1 aliphatic heterocycles. The lowest BCUT2D eigenvalue weighted by atomic mass is 10.1. The van der Waals surface area contributed by atoms with E-state index in [1.165, 1.54) is 6.08 Å². The number of carbonyl (C=O) groups excluding carboxylic acids is 2. The van der Waals surface area contributed by atoms with Gasteiger partial charge in [0.25, 0.3) is 5.91 Å². The van der Waals surface area contributed by atoms with Crippen LogP contribution in [0.15, 0.2) is 30.5 Å². The summed E-state index contributed by atoms with van der Waals surface area (Å²) in [5.41, 5.74) is 0.788. The number of nitrogens with one attached hydrogen (secondary N) is 1. The zero-order valence-corrected chi connectivity index (χ0v) is 15.2. The minimum atomic E-state index is -0.480. The van der Waals surface area contributed by atoms with Crippen LogP contribution in [0.3, 0.4) is 0 Å². The average Bonchev–Trinajstić information content (AvgIpc) is 2.79. The van der Waals surface area contributed by atoms with E-state index in [4.69, 9.17) is 21.1 Å². The molecule has 134 valence electrons. The predicted octanol–water partition coefficient (Wildman–Crippen LogP) is 3.60. The highest BCUT2D eigenvalue weighted by atomic mass is 35.5. The Morgan fingerprint density at radius 1 is 1.36 bits per heavy atom. The third kappa shape index (κ3) is 4.33. The van der Waals surface area contributed by atoms with E-state index in [0.717, 1.165) is 4.90 Å². The third-order valence-electron chi connectivity index (χ3n) is 3.27. The second-order valence-electron chi connectivity index (χ2n) is 5.62. The van der Waals surface area contributed by atoms with Gasteiger partial charge in [0.1, 0.15) is 5.70 Å². The molecule has 1 aliphatic rings. The molecule has 0 radical (unpaired) electrons. The van der Waals surface area contributed by atoms with Gasteiger partial charge in [0.05, 0.1) is 17.7 Å². The quantitative estimate of drug-likeness (QED) is 0.456. The maximum atomic E-state index is 12.3. The number of amides is 3. The van der Waals surface area contributed by atoms with E-state index in [1.807, 2.05) is 20.8 Å². The molecule has 0 atom stereocenters. The van der Waals surface area contributed by atoms with Gasteiger partial charge in [-0.2, -0.15) is 0 Å². The summed E-state index contributed by atoms with van der Waals surface area (Å²) in [6.45, 7) is 9.76. The number of halogens is 1. The number of rotatable bonds is 7. The van der Waals surface area contributed by atoms with Crippen molar-refractivity contribution in [1.29, 1.82) is 0 Å². The van der Waals surface area contributed by atoms with Crippen molar-refractivity contribution in [2.24, 2.45) is 0 Å². The van der Waals surface area contributed by atoms with E-state index in [0.29, 0.717) is 28.7 Å². The van der Waals surface area contributed by atoms with Crippen LogP contribution in [0.4, 0.5) is 4.79 Å². The van der Waals surface area contributed by atoms with Gasteiger partial charge in [-0.1, -0.05) is 17.7 Å². The molecule has 1 aromatic carbocycles. The van der Waals surface area contributed by atoms with Crippen molar-refractivity contribution in [1.82, 2.24) is 10.2 Å². The van der Waals surface area contributed by atoms with E-state index < -0.39 is 11.9 Å². The number of carbonyl (C=O) groups is 2. The van der Waals surface area contributed by atoms with Crippen LogP contribution in [0, 0.1) is 0 Å². The van der Waals surface area contributed by atoms with Gasteiger partial charge in [0.2, 0.25) is 0 Å². The number of nitrogens with zero attached hydrogens (tertiary/aromatic N) is 1. The van der Waals surface area contributed by atoms with Crippen molar-refractivity contribution >= 4 is 29.6 Å². The largest absolute Gasteiger partial charge is 0.490 e. The molecule has 7 heteroatoms. The topological polar surface area (TPSA) is 67.9 Å². The maximum Gasteiger partial charge on any atom is 0.329 e. The van der Waals surface area contributed by atoms with E-state index in [2.05, 4.69) is 11.9 Å². The van der Waals surface area contributed by atoms with E-state index in [-0.39, 0.29) is 18.3 Å². The molecule has 1 N–H and O–H groups in total. The summed E-state index contributed by atoms with van der Waals surface area (Å²) < 4.78 is 11.3. The van der Waals surface area contributed by atoms with Gasteiger partial charge < -0.3 is 14.8 Å². The second-order valence-corrected chi connectivity index (χ2v) is 6.03. The molecule has 0 bridgehead atoms. The van der Waals surface area contributed by atoms with E-state index >= 15 is 0 Å². The lowest BCUT2D eigenvalue weighted by molar-refractivity contribution is -0.122. The Morgan fingerprint density at radius 3 is 2.68 bits per heavy atom. The van der Waals surface area contributed by atoms with Crippen LogP contribution >= 0.6 is 11.6 Å². The molecular formula is C18H21ClN2O4. The Balaban J connectivity index is 2.38. The minimum Gasteiger partial charge on any atom is -0.490 e. The van der Waals surface area contributed by atoms with Gasteiger partial charge >= 0.3 is 6.03 Å².